The number of rotatable bonds is 7. The smallest absolute Gasteiger partial charge is 0.142 e. The van der Waals surface area contributed by atoms with Crippen LogP contribution in [0.2, 0.25) is 0 Å². The van der Waals surface area contributed by atoms with E-state index in [9.17, 15) is 0 Å². The van der Waals surface area contributed by atoms with Gasteiger partial charge in [0, 0.05) is 40.0 Å². The fourth-order valence-electron chi connectivity index (χ4n) is 1.44. The Kier molecular flexibility index (Phi) is 6.47. The minimum absolute atomic E-state index is 0.746. The maximum atomic E-state index is 4.97. The Morgan fingerprint density at radius 2 is 2.24 bits per heavy atom. The molecular weight excluding hydrogens is 282 g/mol. The normalized spacial score (nSPS) is 10.6. The minimum Gasteiger partial charge on any atom is -0.383 e. The third kappa shape index (κ3) is 4.61. The zero-order valence-corrected chi connectivity index (χ0v) is 12.2. The maximum Gasteiger partial charge on any atom is 0.142 e. The summed E-state index contributed by atoms with van der Waals surface area (Å²) in [5.41, 5.74) is 1.20. The van der Waals surface area contributed by atoms with Gasteiger partial charge in [-0.3, -0.25) is 0 Å². The lowest BCUT2D eigenvalue weighted by molar-refractivity contribution is 0.200. The fourth-order valence-corrected chi connectivity index (χ4v) is 1.98. The Hall–Kier alpha value is -0.650. The van der Waals surface area contributed by atoms with Crippen LogP contribution < -0.4 is 10.2 Å². The van der Waals surface area contributed by atoms with Crippen molar-refractivity contribution in [3.8, 4) is 0 Å². The molecule has 0 unspecified atom stereocenters. The summed E-state index contributed by atoms with van der Waals surface area (Å²) in [6.07, 6.45) is 1.84. The lowest BCUT2D eigenvalue weighted by atomic mass is 10.3. The van der Waals surface area contributed by atoms with Gasteiger partial charge in [0.15, 0.2) is 0 Å². The van der Waals surface area contributed by atoms with Crippen molar-refractivity contribution in [1.82, 2.24) is 10.3 Å². The van der Waals surface area contributed by atoms with Gasteiger partial charge in [-0.1, -0.05) is 0 Å². The summed E-state index contributed by atoms with van der Waals surface area (Å²) in [5.74, 6) is 0.985. The van der Waals surface area contributed by atoms with Crippen molar-refractivity contribution < 1.29 is 4.74 Å². The first-order valence-electron chi connectivity index (χ1n) is 5.68. The molecule has 0 aliphatic rings. The minimum atomic E-state index is 0.746. The average molecular weight is 302 g/mol. The molecule has 0 saturated heterocycles. The van der Waals surface area contributed by atoms with Crippen LogP contribution in [-0.2, 0) is 4.74 Å². The molecule has 96 valence electrons. The predicted molar refractivity (Wildman–Crippen MR) is 74.7 cm³/mol. The number of aromatic nitrogens is 1. The number of hydrogen-bond donors (Lipinski definition) is 1. The van der Waals surface area contributed by atoms with Crippen LogP contribution >= 0.6 is 15.9 Å². The SMILES string of the molecule is COCCNCCN(C)c1nccc(C)c1Br. The van der Waals surface area contributed by atoms with Gasteiger partial charge < -0.3 is 15.0 Å². The van der Waals surface area contributed by atoms with Crippen molar-refractivity contribution in [2.45, 2.75) is 6.92 Å². The number of pyridine rings is 1. The number of halogens is 1. The van der Waals surface area contributed by atoms with Gasteiger partial charge in [-0.2, -0.15) is 0 Å². The zero-order valence-electron chi connectivity index (χ0n) is 10.7. The lowest BCUT2D eigenvalue weighted by Crippen LogP contribution is -2.31. The Labute approximate surface area is 111 Å². The first-order valence-corrected chi connectivity index (χ1v) is 6.48. The number of ether oxygens (including phenoxy) is 1. The van der Waals surface area contributed by atoms with Crippen LogP contribution in [0, 0.1) is 6.92 Å². The van der Waals surface area contributed by atoms with E-state index in [4.69, 9.17) is 4.74 Å². The van der Waals surface area contributed by atoms with E-state index in [1.165, 1.54) is 5.56 Å². The summed E-state index contributed by atoms with van der Waals surface area (Å²) in [5, 5.41) is 3.31. The molecule has 0 fully saturated rings. The van der Waals surface area contributed by atoms with Crippen molar-refractivity contribution in [2.24, 2.45) is 0 Å². The molecular formula is C12H20BrN3O. The molecule has 1 N–H and O–H groups in total. The highest BCUT2D eigenvalue weighted by Gasteiger charge is 2.08. The van der Waals surface area contributed by atoms with Gasteiger partial charge in [0.2, 0.25) is 0 Å². The maximum absolute atomic E-state index is 4.97. The van der Waals surface area contributed by atoms with Crippen LogP contribution in [0.5, 0.6) is 0 Å². The monoisotopic (exact) mass is 301 g/mol. The second kappa shape index (κ2) is 7.63. The van der Waals surface area contributed by atoms with Gasteiger partial charge in [-0.25, -0.2) is 4.98 Å². The van der Waals surface area contributed by atoms with Crippen LogP contribution in [0.4, 0.5) is 5.82 Å². The van der Waals surface area contributed by atoms with Crippen LogP contribution in [0.3, 0.4) is 0 Å². The highest BCUT2D eigenvalue weighted by atomic mass is 79.9. The zero-order chi connectivity index (χ0) is 12.7. The van der Waals surface area contributed by atoms with E-state index in [1.54, 1.807) is 7.11 Å². The second-order valence-corrected chi connectivity index (χ2v) is 4.72. The van der Waals surface area contributed by atoms with Crippen molar-refractivity contribution >= 4 is 21.7 Å². The molecule has 0 aliphatic heterocycles. The highest BCUT2D eigenvalue weighted by Crippen LogP contribution is 2.25. The van der Waals surface area contributed by atoms with Crippen LogP contribution in [0.1, 0.15) is 5.56 Å². The van der Waals surface area contributed by atoms with Gasteiger partial charge >= 0.3 is 0 Å². The predicted octanol–water partition coefficient (Wildman–Crippen LogP) is 1.82. The summed E-state index contributed by atoms with van der Waals surface area (Å²) >= 11 is 3.57. The second-order valence-electron chi connectivity index (χ2n) is 3.93. The van der Waals surface area contributed by atoms with E-state index in [1.807, 2.05) is 19.3 Å². The van der Waals surface area contributed by atoms with Crippen LogP contribution in [0.15, 0.2) is 16.7 Å². The fraction of sp³-hybridized carbons (Fsp3) is 0.583. The highest BCUT2D eigenvalue weighted by molar-refractivity contribution is 9.10. The quantitative estimate of drug-likeness (QED) is 0.780. The topological polar surface area (TPSA) is 37.4 Å². The van der Waals surface area contributed by atoms with E-state index in [2.05, 4.69) is 38.1 Å². The first-order chi connectivity index (χ1) is 8.16. The molecule has 0 radical (unpaired) electrons. The van der Waals surface area contributed by atoms with E-state index < -0.39 is 0 Å². The molecule has 1 heterocycles. The van der Waals surface area contributed by atoms with E-state index in [-0.39, 0.29) is 0 Å². The number of methoxy groups -OCH3 is 1. The van der Waals surface area contributed by atoms with Crippen molar-refractivity contribution in [2.75, 3.05) is 45.3 Å². The number of anilines is 1. The Balaban J connectivity index is 2.41. The standard InChI is InChI=1S/C12H20BrN3O/c1-10-4-5-15-12(11(10)13)16(2)8-6-14-7-9-17-3/h4-5,14H,6-9H2,1-3H3. The molecule has 0 saturated carbocycles. The summed E-state index contributed by atoms with van der Waals surface area (Å²) < 4.78 is 6.04. The van der Waals surface area contributed by atoms with Gasteiger partial charge in [0.1, 0.15) is 5.82 Å². The Morgan fingerprint density at radius 1 is 1.47 bits per heavy atom. The summed E-state index contributed by atoms with van der Waals surface area (Å²) in [6, 6.07) is 2.00. The molecule has 0 aliphatic carbocycles. The first kappa shape index (κ1) is 14.4. The molecule has 5 heteroatoms. The van der Waals surface area contributed by atoms with Crippen molar-refractivity contribution in [3.05, 3.63) is 22.3 Å². The number of hydrogen-bond acceptors (Lipinski definition) is 4. The Bertz CT molecular complexity index is 347. The third-order valence-electron chi connectivity index (χ3n) is 2.53. The molecule has 0 atom stereocenters. The van der Waals surface area contributed by atoms with Crippen molar-refractivity contribution in [1.29, 1.82) is 0 Å². The number of nitrogens with one attached hydrogen (secondary N) is 1. The number of aryl methyl sites for hydroxylation is 1. The largest absolute Gasteiger partial charge is 0.383 e. The summed E-state index contributed by atoms with van der Waals surface area (Å²) in [7, 11) is 3.76. The third-order valence-corrected chi connectivity index (χ3v) is 3.51. The molecule has 0 aromatic carbocycles. The number of likely N-dealkylation sites (N-methyl/N-ethyl adjacent to an activating group) is 1. The average Bonchev–Trinajstić information content (AvgIpc) is 2.32. The number of nitrogens with zero attached hydrogens (tertiary/aromatic N) is 2. The van der Waals surface area contributed by atoms with Gasteiger partial charge in [0.25, 0.3) is 0 Å². The molecule has 1 rings (SSSR count). The molecule has 17 heavy (non-hydrogen) atoms. The molecule has 4 nitrogen and oxygen atoms in total. The molecule has 1 aromatic heterocycles. The van der Waals surface area contributed by atoms with Gasteiger partial charge in [0.05, 0.1) is 11.1 Å². The van der Waals surface area contributed by atoms with Crippen LogP contribution in [0.25, 0.3) is 0 Å². The van der Waals surface area contributed by atoms with Crippen molar-refractivity contribution in [3.63, 3.8) is 0 Å². The molecule has 0 amide bonds. The van der Waals surface area contributed by atoms with E-state index in [0.717, 1.165) is 36.5 Å². The summed E-state index contributed by atoms with van der Waals surface area (Å²) in [6.45, 7) is 5.53. The molecule has 0 bridgehead atoms. The summed E-state index contributed by atoms with van der Waals surface area (Å²) in [4.78, 5) is 6.52. The van der Waals surface area contributed by atoms with E-state index >= 15 is 0 Å². The van der Waals surface area contributed by atoms with E-state index in [0.29, 0.717) is 0 Å². The Morgan fingerprint density at radius 3 is 2.94 bits per heavy atom. The molecule has 1 aromatic rings. The van der Waals surface area contributed by atoms with Gasteiger partial charge in [-0.15, -0.1) is 0 Å². The van der Waals surface area contributed by atoms with Crippen LogP contribution in [-0.4, -0.2) is 45.4 Å². The molecule has 0 spiro atoms. The van der Waals surface area contributed by atoms with Gasteiger partial charge in [-0.05, 0) is 34.5 Å². The lowest BCUT2D eigenvalue weighted by Gasteiger charge is -2.20.